The maximum Gasteiger partial charge on any atom is 0.241 e. The van der Waals surface area contributed by atoms with Crippen molar-refractivity contribution in [3.8, 4) is 0 Å². The molecule has 1 saturated carbocycles. The molecule has 6 nitrogen and oxygen atoms in total. The molecule has 1 saturated heterocycles. The van der Waals surface area contributed by atoms with E-state index in [4.69, 9.17) is 4.74 Å². The van der Waals surface area contributed by atoms with Gasteiger partial charge in [0.1, 0.15) is 6.54 Å². The van der Waals surface area contributed by atoms with Crippen molar-refractivity contribution < 1.29 is 14.6 Å². The Hall–Kier alpha value is -2.96. The van der Waals surface area contributed by atoms with Gasteiger partial charge in [0, 0.05) is 36.7 Å². The largest absolute Gasteiger partial charge is 0.393 e. The Kier molecular flexibility index (Phi) is 6.79. The summed E-state index contributed by atoms with van der Waals surface area (Å²) in [5, 5.41) is 18.4. The summed E-state index contributed by atoms with van der Waals surface area (Å²) in [6, 6.07) is 22.5. The van der Waals surface area contributed by atoms with Crippen molar-refractivity contribution in [3.05, 3.63) is 90.3 Å². The van der Waals surface area contributed by atoms with E-state index in [-0.39, 0.29) is 42.1 Å². The van der Waals surface area contributed by atoms with E-state index in [1.54, 1.807) is 17.1 Å². The summed E-state index contributed by atoms with van der Waals surface area (Å²) in [6.07, 6.45) is 7.19. The molecule has 0 radical (unpaired) electrons. The molecule has 34 heavy (non-hydrogen) atoms. The Labute approximate surface area is 201 Å². The molecular formula is C28H33N3O3. The molecule has 1 amide bonds. The van der Waals surface area contributed by atoms with Crippen molar-refractivity contribution in [2.45, 2.75) is 62.4 Å². The molecule has 178 valence electrons. The van der Waals surface area contributed by atoms with E-state index >= 15 is 0 Å². The van der Waals surface area contributed by atoms with Crippen LogP contribution >= 0.6 is 0 Å². The van der Waals surface area contributed by atoms with Crippen LogP contribution < -0.4 is 5.32 Å². The fourth-order valence-electron chi connectivity index (χ4n) is 5.76. The van der Waals surface area contributed by atoms with Crippen LogP contribution in [0.4, 0.5) is 0 Å². The smallest absolute Gasteiger partial charge is 0.241 e. The first-order valence-corrected chi connectivity index (χ1v) is 12.3. The van der Waals surface area contributed by atoms with E-state index in [0.29, 0.717) is 13.0 Å². The van der Waals surface area contributed by atoms with E-state index in [0.717, 1.165) is 31.2 Å². The lowest BCUT2D eigenvalue weighted by molar-refractivity contribution is -0.139. The highest BCUT2D eigenvalue weighted by Gasteiger charge is 2.44. The quantitative estimate of drug-likeness (QED) is 0.584. The number of aromatic nitrogens is 2. The molecule has 0 spiro atoms. The molecule has 1 aromatic heterocycles. The maximum absolute atomic E-state index is 12.7. The maximum atomic E-state index is 12.7. The van der Waals surface area contributed by atoms with Gasteiger partial charge >= 0.3 is 0 Å². The number of rotatable bonds is 6. The van der Waals surface area contributed by atoms with Gasteiger partial charge in [-0.25, -0.2) is 0 Å². The number of carbonyl (C=O) groups is 1. The van der Waals surface area contributed by atoms with E-state index in [1.165, 1.54) is 5.56 Å². The van der Waals surface area contributed by atoms with Gasteiger partial charge in [-0.1, -0.05) is 60.7 Å². The Morgan fingerprint density at radius 1 is 1.06 bits per heavy atom. The molecular weight excluding hydrogens is 426 g/mol. The minimum absolute atomic E-state index is 0.0133. The molecule has 2 fully saturated rings. The average Bonchev–Trinajstić information content (AvgIpc) is 3.30. The lowest BCUT2D eigenvalue weighted by Crippen LogP contribution is -2.42. The molecule has 2 aromatic carbocycles. The standard InChI is InChI=1S/C28H33N3O3/c32-24-18-26(21-8-3-1-4-9-21)34-25-13-15-28(14-12-23(24)25,22-10-5-2-6-11-22)20-29-27(33)19-31-17-7-16-30-31/h1-11,16-17,23-26,32H,12-15,18-20H2,(H,29,33)/t23-,24+,25+,26+,28+/m1/s1. The molecule has 1 aliphatic heterocycles. The van der Waals surface area contributed by atoms with Gasteiger partial charge in [-0.15, -0.1) is 0 Å². The molecule has 0 unspecified atom stereocenters. The van der Waals surface area contributed by atoms with Gasteiger partial charge in [-0.05, 0) is 42.9 Å². The second-order valence-corrected chi connectivity index (χ2v) is 9.74. The Bertz CT molecular complexity index is 1060. The Morgan fingerprint density at radius 3 is 2.53 bits per heavy atom. The fraction of sp³-hybridized carbons (Fsp3) is 0.429. The van der Waals surface area contributed by atoms with Crippen LogP contribution in [0.15, 0.2) is 79.1 Å². The van der Waals surface area contributed by atoms with Crippen LogP contribution in [0.3, 0.4) is 0 Å². The summed E-state index contributed by atoms with van der Waals surface area (Å²) in [5.41, 5.74) is 2.18. The van der Waals surface area contributed by atoms with Crippen LogP contribution in [-0.4, -0.2) is 39.5 Å². The van der Waals surface area contributed by atoms with E-state index < -0.39 is 0 Å². The van der Waals surface area contributed by atoms with Crippen molar-refractivity contribution in [3.63, 3.8) is 0 Å². The first kappa shape index (κ1) is 22.8. The third-order valence-corrected chi connectivity index (χ3v) is 7.68. The number of hydrogen-bond donors (Lipinski definition) is 2. The zero-order valence-electron chi connectivity index (χ0n) is 19.4. The monoisotopic (exact) mass is 459 g/mol. The summed E-state index contributed by atoms with van der Waals surface area (Å²) in [6.45, 7) is 0.776. The lowest BCUT2D eigenvalue weighted by atomic mass is 9.74. The lowest BCUT2D eigenvalue weighted by Gasteiger charge is -2.39. The van der Waals surface area contributed by atoms with E-state index in [9.17, 15) is 9.90 Å². The normalized spacial score (nSPS) is 29.1. The van der Waals surface area contributed by atoms with Crippen LogP contribution in [-0.2, 0) is 21.5 Å². The van der Waals surface area contributed by atoms with Crippen molar-refractivity contribution >= 4 is 5.91 Å². The van der Waals surface area contributed by atoms with Gasteiger partial charge in [-0.3, -0.25) is 9.48 Å². The van der Waals surface area contributed by atoms with Crippen LogP contribution in [0.1, 0.15) is 49.3 Å². The van der Waals surface area contributed by atoms with Gasteiger partial charge in [0.25, 0.3) is 0 Å². The number of nitrogens with zero attached hydrogens (tertiary/aromatic N) is 2. The molecule has 2 heterocycles. The number of aliphatic hydroxyl groups is 1. The molecule has 1 aliphatic carbocycles. The molecule has 6 heteroatoms. The highest BCUT2D eigenvalue weighted by Crippen LogP contribution is 2.46. The zero-order valence-corrected chi connectivity index (χ0v) is 19.4. The number of fused-ring (bicyclic) bond motifs is 1. The minimum Gasteiger partial charge on any atom is -0.393 e. The number of aliphatic hydroxyl groups excluding tert-OH is 1. The summed E-state index contributed by atoms with van der Waals surface area (Å²) >= 11 is 0. The second kappa shape index (κ2) is 10.1. The van der Waals surface area contributed by atoms with Crippen molar-refractivity contribution in [1.29, 1.82) is 0 Å². The first-order chi connectivity index (χ1) is 16.6. The SMILES string of the molecule is O=C(Cn1cccn1)NC[C@]1(c2ccccc2)CC[C@H]2[C@H](CC1)O[C@H](c1ccccc1)C[C@@H]2O. The Morgan fingerprint density at radius 2 is 1.79 bits per heavy atom. The van der Waals surface area contributed by atoms with Crippen molar-refractivity contribution in [2.24, 2.45) is 5.92 Å². The second-order valence-electron chi connectivity index (χ2n) is 9.74. The molecule has 0 bridgehead atoms. The van der Waals surface area contributed by atoms with Gasteiger partial charge in [0.2, 0.25) is 5.91 Å². The number of amides is 1. The van der Waals surface area contributed by atoms with Crippen molar-refractivity contribution in [2.75, 3.05) is 6.54 Å². The summed E-state index contributed by atoms with van der Waals surface area (Å²) in [4.78, 5) is 12.7. The van der Waals surface area contributed by atoms with Gasteiger partial charge in [0.05, 0.1) is 18.3 Å². The third-order valence-electron chi connectivity index (χ3n) is 7.68. The molecule has 2 aliphatic rings. The minimum atomic E-state index is -0.384. The van der Waals surface area contributed by atoms with Crippen LogP contribution in [0.25, 0.3) is 0 Å². The van der Waals surface area contributed by atoms with Crippen LogP contribution in [0.5, 0.6) is 0 Å². The summed E-state index contributed by atoms with van der Waals surface area (Å²) in [7, 11) is 0. The summed E-state index contributed by atoms with van der Waals surface area (Å²) < 4.78 is 8.23. The number of hydrogen-bond acceptors (Lipinski definition) is 4. The molecule has 5 atom stereocenters. The molecule has 5 rings (SSSR count). The zero-order chi connectivity index (χ0) is 23.4. The van der Waals surface area contributed by atoms with Crippen LogP contribution in [0.2, 0.25) is 0 Å². The number of benzene rings is 2. The third kappa shape index (κ3) is 4.93. The number of ether oxygens (including phenoxy) is 1. The predicted molar refractivity (Wildman–Crippen MR) is 130 cm³/mol. The van der Waals surface area contributed by atoms with Gasteiger partial charge < -0.3 is 15.2 Å². The predicted octanol–water partition coefficient (Wildman–Crippen LogP) is 4.02. The van der Waals surface area contributed by atoms with Gasteiger partial charge in [0.15, 0.2) is 0 Å². The first-order valence-electron chi connectivity index (χ1n) is 12.3. The van der Waals surface area contributed by atoms with E-state index in [1.807, 2.05) is 30.3 Å². The fourth-order valence-corrected chi connectivity index (χ4v) is 5.76. The molecule has 3 aromatic rings. The van der Waals surface area contributed by atoms with E-state index in [2.05, 4.69) is 46.8 Å². The number of carbonyl (C=O) groups excluding carboxylic acids is 1. The number of nitrogens with one attached hydrogen (secondary N) is 1. The average molecular weight is 460 g/mol. The highest BCUT2D eigenvalue weighted by atomic mass is 16.5. The topological polar surface area (TPSA) is 76.4 Å². The molecule has 2 N–H and O–H groups in total. The Balaban J connectivity index is 1.33. The highest BCUT2D eigenvalue weighted by molar-refractivity contribution is 5.75. The summed E-state index contributed by atoms with van der Waals surface area (Å²) in [5.74, 6) is 0.0754. The van der Waals surface area contributed by atoms with Crippen molar-refractivity contribution in [1.82, 2.24) is 15.1 Å². The van der Waals surface area contributed by atoms with Crippen LogP contribution in [0, 0.1) is 5.92 Å². The van der Waals surface area contributed by atoms with Gasteiger partial charge in [-0.2, -0.15) is 5.10 Å².